The maximum absolute atomic E-state index is 11.9. The third kappa shape index (κ3) is 2.77. The van der Waals surface area contributed by atoms with E-state index in [4.69, 9.17) is 5.73 Å². The molecule has 1 unspecified atom stereocenters. The van der Waals surface area contributed by atoms with E-state index in [-0.39, 0.29) is 11.9 Å². The highest BCUT2D eigenvalue weighted by atomic mass is 32.1. The van der Waals surface area contributed by atoms with Crippen molar-refractivity contribution in [2.75, 3.05) is 5.32 Å². The molecule has 0 aliphatic carbocycles. The number of nitrogens with two attached hydrogens (primary N) is 1. The summed E-state index contributed by atoms with van der Waals surface area (Å²) >= 11 is 1.47. The van der Waals surface area contributed by atoms with Crippen LogP contribution in [0.25, 0.3) is 0 Å². The molecule has 6 heteroatoms. The van der Waals surface area contributed by atoms with Crippen molar-refractivity contribution >= 4 is 22.9 Å². The van der Waals surface area contributed by atoms with Gasteiger partial charge in [0.25, 0.3) is 0 Å². The van der Waals surface area contributed by atoms with E-state index in [1.165, 1.54) is 11.3 Å². The Morgan fingerprint density at radius 2 is 2.33 bits per heavy atom. The highest BCUT2D eigenvalue weighted by molar-refractivity contribution is 7.10. The SMILES string of the molecule is CC(C)n1cc(NC(=O)C(N)c2cccs2)cn1. The average Bonchev–Trinajstić information content (AvgIpc) is 2.98. The van der Waals surface area contributed by atoms with Gasteiger partial charge in [-0.25, -0.2) is 0 Å². The lowest BCUT2D eigenvalue weighted by Crippen LogP contribution is -2.26. The molecule has 2 rings (SSSR count). The number of hydrogen-bond acceptors (Lipinski definition) is 4. The summed E-state index contributed by atoms with van der Waals surface area (Å²) in [6.45, 7) is 4.05. The summed E-state index contributed by atoms with van der Waals surface area (Å²) in [6, 6.07) is 3.37. The van der Waals surface area contributed by atoms with Crippen molar-refractivity contribution in [2.24, 2.45) is 5.73 Å². The minimum absolute atomic E-state index is 0.222. The number of nitrogens with zero attached hydrogens (tertiary/aromatic N) is 2. The lowest BCUT2D eigenvalue weighted by molar-refractivity contribution is -0.117. The third-order valence-electron chi connectivity index (χ3n) is 2.53. The van der Waals surface area contributed by atoms with Crippen LogP contribution in [0.1, 0.15) is 30.8 Å². The molecule has 0 aliphatic rings. The smallest absolute Gasteiger partial charge is 0.246 e. The summed E-state index contributed by atoms with van der Waals surface area (Å²) in [4.78, 5) is 12.8. The lowest BCUT2D eigenvalue weighted by Gasteiger charge is -2.09. The van der Waals surface area contributed by atoms with Crippen LogP contribution in [0.4, 0.5) is 5.69 Å². The first-order valence-electron chi connectivity index (χ1n) is 5.72. The van der Waals surface area contributed by atoms with Crippen LogP contribution in [-0.4, -0.2) is 15.7 Å². The number of hydrogen-bond donors (Lipinski definition) is 2. The first-order chi connectivity index (χ1) is 8.58. The summed E-state index contributed by atoms with van der Waals surface area (Å²) in [5.74, 6) is -0.222. The molecule has 96 valence electrons. The van der Waals surface area contributed by atoms with Crippen LogP contribution in [0, 0.1) is 0 Å². The molecule has 5 nitrogen and oxygen atoms in total. The maximum atomic E-state index is 11.9. The quantitative estimate of drug-likeness (QED) is 0.888. The number of rotatable bonds is 4. The predicted octanol–water partition coefficient (Wildman–Crippen LogP) is 2.16. The molecular weight excluding hydrogens is 248 g/mol. The van der Waals surface area contributed by atoms with E-state index in [1.807, 2.05) is 31.4 Å². The second-order valence-electron chi connectivity index (χ2n) is 4.29. The van der Waals surface area contributed by atoms with Crippen molar-refractivity contribution in [1.29, 1.82) is 0 Å². The Balaban J connectivity index is 2.02. The molecule has 2 aromatic rings. The molecule has 1 amide bonds. The van der Waals surface area contributed by atoms with Gasteiger partial charge in [-0.3, -0.25) is 9.48 Å². The summed E-state index contributed by atoms with van der Waals surface area (Å²) in [5.41, 5.74) is 6.54. The number of nitrogens with one attached hydrogen (secondary N) is 1. The molecule has 2 aromatic heterocycles. The van der Waals surface area contributed by atoms with Gasteiger partial charge in [0.2, 0.25) is 5.91 Å². The van der Waals surface area contributed by atoms with Crippen LogP contribution in [0.3, 0.4) is 0 Å². The van der Waals surface area contributed by atoms with E-state index in [9.17, 15) is 4.79 Å². The minimum Gasteiger partial charge on any atom is -0.322 e. The fraction of sp³-hybridized carbons (Fsp3) is 0.333. The second kappa shape index (κ2) is 5.32. The van der Waals surface area contributed by atoms with E-state index >= 15 is 0 Å². The number of aromatic nitrogens is 2. The van der Waals surface area contributed by atoms with Crippen molar-refractivity contribution < 1.29 is 4.79 Å². The molecule has 0 saturated heterocycles. The first-order valence-corrected chi connectivity index (χ1v) is 6.60. The van der Waals surface area contributed by atoms with E-state index in [2.05, 4.69) is 10.4 Å². The number of carbonyl (C=O) groups is 1. The van der Waals surface area contributed by atoms with Gasteiger partial charge in [0.1, 0.15) is 6.04 Å². The minimum atomic E-state index is -0.632. The first kappa shape index (κ1) is 12.8. The van der Waals surface area contributed by atoms with Gasteiger partial charge in [-0.1, -0.05) is 6.07 Å². The number of anilines is 1. The van der Waals surface area contributed by atoms with Crippen LogP contribution >= 0.6 is 11.3 Å². The van der Waals surface area contributed by atoms with Gasteiger partial charge in [-0.2, -0.15) is 5.10 Å². The molecule has 2 heterocycles. The predicted molar refractivity (Wildman–Crippen MR) is 72.5 cm³/mol. The average molecular weight is 264 g/mol. The van der Waals surface area contributed by atoms with Crippen LogP contribution < -0.4 is 11.1 Å². The highest BCUT2D eigenvalue weighted by Crippen LogP contribution is 2.18. The maximum Gasteiger partial charge on any atom is 0.246 e. The molecule has 0 spiro atoms. The van der Waals surface area contributed by atoms with Gasteiger partial charge in [0.05, 0.1) is 11.9 Å². The van der Waals surface area contributed by atoms with Gasteiger partial charge in [0, 0.05) is 17.1 Å². The van der Waals surface area contributed by atoms with E-state index < -0.39 is 6.04 Å². The molecule has 0 fully saturated rings. The molecule has 18 heavy (non-hydrogen) atoms. The van der Waals surface area contributed by atoms with E-state index in [0.717, 1.165) is 4.88 Å². The number of amides is 1. The molecular formula is C12H16N4OS. The van der Waals surface area contributed by atoms with Gasteiger partial charge >= 0.3 is 0 Å². The van der Waals surface area contributed by atoms with Crippen molar-refractivity contribution in [2.45, 2.75) is 25.9 Å². The zero-order valence-corrected chi connectivity index (χ0v) is 11.1. The zero-order valence-electron chi connectivity index (χ0n) is 10.3. The van der Waals surface area contributed by atoms with Gasteiger partial charge in [0.15, 0.2) is 0 Å². The monoisotopic (exact) mass is 264 g/mol. The second-order valence-corrected chi connectivity index (χ2v) is 5.26. The standard InChI is InChI=1S/C12H16N4OS/c1-8(2)16-7-9(6-14-16)15-12(17)11(13)10-4-3-5-18-10/h3-8,11H,13H2,1-2H3,(H,15,17). The summed E-state index contributed by atoms with van der Waals surface area (Å²) in [7, 11) is 0. The fourth-order valence-electron chi connectivity index (χ4n) is 1.50. The Kier molecular flexibility index (Phi) is 3.78. The fourth-order valence-corrected chi connectivity index (χ4v) is 2.23. The zero-order chi connectivity index (χ0) is 13.1. The molecule has 0 bridgehead atoms. The van der Waals surface area contributed by atoms with Gasteiger partial charge in [-0.15, -0.1) is 11.3 Å². The number of carbonyl (C=O) groups excluding carboxylic acids is 1. The summed E-state index contributed by atoms with van der Waals surface area (Å²) in [5, 5.41) is 8.82. The lowest BCUT2D eigenvalue weighted by atomic mass is 10.2. The van der Waals surface area contributed by atoms with E-state index in [1.54, 1.807) is 17.1 Å². The summed E-state index contributed by atoms with van der Waals surface area (Å²) < 4.78 is 1.78. The van der Waals surface area contributed by atoms with Crippen LogP contribution in [0.15, 0.2) is 29.9 Å². The molecule has 0 radical (unpaired) electrons. The Morgan fingerprint density at radius 3 is 2.89 bits per heavy atom. The molecule has 0 saturated carbocycles. The van der Waals surface area contributed by atoms with Crippen LogP contribution in [0.2, 0.25) is 0 Å². The number of thiophene rings is 1. The topological polar surface area (TPSA) is 72.9 Å². The summed E-state index contributed by atoms with van der Waals surface area (Å²) in [6.07, 6.45) is 3.42. The van der Waals surface area contributed by atoms with Crippen LogP contribution in [-0.2, 0) is 4.79 Å². The molecule has 0 aromatic carbocycles. The van der Waals surface area contributed by atoms with Crippen molar-refractivity contribution in [3.8, 4) is 0 Å². The Bertz CT molecular complexity index is 518. The van der Waals surface area contributed by atoms with Gasteiger partial charge < -0.3 is 11.1 Å². The normalized spacial score (nSPS) is 12.7. The van der Waals surface area contributed by atoms with Crippen molar-refractivity contribution in [1.82, 2.24) is 9.78 Å². The van der Waals surface area contributed by atoms with E-state index in [0.29, 0.717) is 5.69 Å². The molecule has 1 atom stereocenters. The molecule has 3 N–H and O–H groups in total. The Labute approximate surface area is 110 Å². The van der Waals surface area contributed by atoms with Gasteiger partial charge in [-0.05, 0) is 25.3 Å². The highest BCUT2D eigenvalue weighted by Gasteiger charge is 2.17. The third-order valence-corrected chi connectivity index (χ3v) is 3.49. The Morgan fingerprint density at radius 1 is 1.56 bits per heavy atom. The Hall–Kier alpha value is -1.66. The van der Waals surface area contributed by atoms with Crippen LogP contribution in [0.5, 0.6) is 0 Å². The largest absolute Gasteiger partial charge is 0.322 e. The molecule has 0 aliphatic heterocycles. The van der Waals surface area contributed by atoms with Crippen molar-refractivity contribution in [3.63, 3.8) is 0 Å². The van der Waals surface area contributed by atoms with Crippen molar-refractivity contribution in [3.05, 3.63) is 34.8 Å².